The zero-order valence-corrected chi connectivity index (χ0v) is 61.5. The highest BCUT2D eigenvalue weighted by molar-refractivity contribution is 7.05. The van der Waals surface area contributed by atoms with Crippen molar-refractivity contribution in [1.82, 2.24) is 44.9 Å². The van der Waals surface area contributed by atoms with Gasteiger partial charge in [0.05, 0.1) is 11.4 Å². The average Bonchev–Trinajstić information content (AvgIpc) is 0.723. The summed E-state index contributed by atoms with van der Waals surface area (Å²) in [4.78, 5) is 49.3. The maximum atomic E-state index is 9.29. The van der Waals surface area contributed by atoms with E-state index in [4.69, 9.17) is 24.5 Å². The molecule has 24 heteroatoms. The van der Waals surface area contributed by atoms with E-state index in [0.29, 0.717) is 17.2 Å². The smallest absolute Gasteiger partial charge is 0.576 e. The van der Waals surface area contributed by atoms with Gasteiger partial charge in [0.15, 0.2) is 22.8 Å². The van der Waals surface area contributed by atoms with E-state index in [1.807, 2.05) is 91.0 Å². The van der Waals surface area contributed by atoms with E-state index in [9.17, 15) is 21.0 Å². The van der Waals surface area contributed by atoms with E-state index in [0.717, 1.165) is 66.8 Å². The second-order valence-electron chi connectivity index (χ2n) is 24.7. The van der Waals surface area contributed by atoms with Crippen molar-refractivity contribution >= 4 is 165 Å². The van der Waals surface area contributed by atoms with Crippen LogP contribution in [0.15, 0.2) is 308 Å². The van der Waals surface area contributed by atoms with E-state index < -0.39 is 15.1 Å². The molecule has 6 aromatic heterocycles. The van der Waals surface area contributed by atoms with Gasteiger partial charge in [0.2, 0.25) is 11.0 Å². The van der Waals surface area contributed by atoms with Crippen LogP contribution in [-0.2, 0) is 0 Å². The van der Waals surface area contributed by atoms with Crippen molar-refractivity contribution in [2.45, 2.75) is 0 Å². The van der Waals surface area contributed by atoms with Crippen molar-refractivity contribution in [2.24, 2.45) is 4.66 Å². The topological polar surface area (TPSA) is 266 Å². The molecule has 0 atom stereocenters. The molecule has 526 valence electrons. The normalized spacial score (nSPS) is 10.5. The maximum absolute atomic E-state index is 9.29. The van der Waals surface area contributed by atoms with Gasteiger partial charge in [0.25, 0.3) is 19.6 Å². The van der Waals surface area contributed by atoms with Crippen LogP contribution in [0, 0.1) is 58.5 Å². The van der Waals surface area contributed by atoms with Crippen LogP contribution < -0.4 is 21.2 Å². The molecular formula is C89H51AlBN18O3P. The molecule has 6 heterocycles. The van der Waals surface area contributed by atoms with Crippen molar-refractivity contribution in [3.8, 4) is 52.7 Å². The Hall–Kier alpha value is -16.0. The van der Waals surface area contributed by atoms with Gasteiger partial charge in [0.1, 0.15) is 80.1 Å². The van der Waals surface area contributed by atoms with Gasteiger partial charge in [-0.05, 0) is 128 Å². The van der Waals surface area contributed by atoms with Gasteiger partial charge in [-0.15, -0.1) is 9.97 Å². The fraction of sp³-hybridized carbons (Fsp3) is 0. The van der Waals surface area contributed by atoms with Crippen LogP contribution in [0.25, 0.3) is 108 Å². The standard InChI is InChI=1S/C44H32N2.C18N12.3C9H7NO.Al.BHNP/c1-3-17-37(18-4-1)45(43-23-11-15-35-13-7-9-21-41(35)43)39-29-25-33(26-30-39)34-27-31-40(32-28-34)46(38-19-5-2-6-20-38)44-24-12-16-36-14-8-10-22-42(36)44;1-23-17-18(24-2)30-16-14-12(26-8(4-20)10(6-22)28-14)11-13(15(16)29-17)27-9(5-21)7(3-19)25-11;3*11-8-5-1-3-7-4-2-6-10-9(7)8;;1-2-3/h1-32H;;3*1-6,11H;;3H/q;;;;;+3;/p-3. The Balaban J connectivity index is 0.000000135. The molecule has 0 aliphatic carbocycles. The Morgan fingerprint density at radius 2 is 0.602 bits per heavy atom. The molecule has 18 rings (SSSR count). The Morgan fingerprint density at radius 1 is 0.327 bits per heavy atom. The lowest BCUT2D eigenvalue weighted by Gasteiger charge is -2.27. The number of pyridine rings is 3. The summed E-state index contributed by atoms with van der Waals surface area (Å²) in [5, 5.41) is 45.0. The lowest BCUT2D eigenvalue weighted by atomic mass is 10.0. The molecule has 0 aliphatic rings. The van der Waals surface area contributed by atoms with Crippen LogP contribution in [0.4, 0.5) is 45.8 Å². The van der Waals surface area contributed by atoms with Crippen LogP contribution in [-0.4, -0.2) is 68.0 Å². The highest BCUT2D eigenvalue weighted by atomic mass is 31.0. The first-order chi connectivity index (χ1) is 55.7. The Labute approximate surface area is 654 Å². The summed E-state index contributed by atoms with van der Waals surface area (Å²) < 4.78 is 22.0. The monoisotopic (exact) mass is 1490 g/mol. The summed E-state index contributed by atoms with van der Waals surface area (Å²) in [5.41, 5.74) is 10.2. The molecule has 0 unspecified atom stereocenters. The minimum atomic E-state index is -2.86. The zero-order valence-electron chi connectivity index (χ0n) is 59.3. The van der Waals surface area contributed by atoms with Gasteiger partial charge >= 0.3 is 15.1 Å². The SMILES string of the molecule is [B]N=P.[C-]#[N+]c1nc2c3nc(C#N)c(C#N)nc3c3nc(C#N)c(C#N)nc3c2nc1[N+]#[C-].c1ccc(N(c2ccc(-c3ccc(N(c4ccccc4)c4cccc5ccccc45)cc3)cc2)c2cccc3ccccc23)cc1.c1cnc2c([O][Al]([O]c3cccc4cccnc34)[O]c3cccc4cccnc34)cccc2c1. The first-order valence-corrected chi connectivity index (χ1v) is 36.6. The molecule has 0 amide bonds. The molecule has 18 aromatic rings. The summed E-state index contributed by atoms with van der Waals surface area (Å²) in [6, 6.07) is 105. The molecule has 21 nitrogen and oxygen atoms in total. The predicted molar refractivity (Wildman–Crippen MR) is 443 cm³/mol. The van der Waals surface area contributed by atoms with Gasteiger partial charge in [-0.2, -0.15) is 21.0 Å². The van der Waals surface area contributed by atoms with E-state index >= 15 is 0 Å². The van der Waals surface area contributed by atoms with Crippen LogP contribution in [0.3, 0.4) is 0 Å². The van der Waals surface area contributed by atoms with Crippen molar-refractivity contribution in [2.75, 3.05) is 9.80 Å². The second kappa shape index (κ2) is 33.5. The third-order valence-corrected chi connectivity index (χ3v) is 19.4. The number of para-hydroxylation sites is 5. The van der Waals surface area contributed by atoms with Crippen molar-refractivity contribution in [1.29, 1.82) is 21.0 Å². The summed E-state index contributed by atoms with van der Waals surface area (Å²) in [6.07, 6.45) is 5.24. The molecule has 0 saturated heterocycles. The van der Waals surface area contributed by atoms with Gasteiger partial charge < -0.3 is 35.5 Å². The number of anilines is 6. The quantitative estimate of drug-likeness (QED) is 0.0449. The first-order valence-electron chi connectivity index (χ1n) is 34.8. The number of nitrogens with zero attached hydrogens (tertiary/aromatic N) is 18. The summed E-state index contributed by atoms with van der Waals surface area (Å²) in [6.45, 7) is 14.5. The molecular weight excluding hydrogens is 1440 g/mol. The van der Waals surface area contributed by atoms with Crippen molar-refractivity contribution in [3.63, 3.8) is 0 Å². The molecule has 12 aromatic carbocycles. The lowest BCUT2D eigenvalue weighted by molar-refractivity contribution is 0.311. The predicted octanol–water partition coefficient (Wildman–Crippen LogP) is 21.0. The molecule has 0 fully saturated rings. The lowest BCUT2D eigenvalue weighted by Crippen LogP contribution is -2.37. The molecule has 0 saturated carbocycles. The van der Waals surface area contributed by atoms with E-state index in [-0.39, 0.29) is 67.5 Å². The molecule has 2 radical (unpaired) electrons. The zero-order chi connectivity index (χ0) is 77.6. The van der Waals surface area contributed by atoms with E-state index in [1.165, 1.54) is 32.7 Å². The number of rotatable bonds is 13. The number of hydrogen-bond donors (Lipinski definition) is 0. The molecule has 0 spiro atoms. The molecule has 113 heavy (non-hydrogen) atoms. The number of nitriles is 4. The third-order valence-electron chi connectivity index (χ3n) is 18.0. The number of hydrogen-bond acceptors (Lipinski definition) is 19. The molecule has 0 bridgehead atoms. The average molecular weight is 1490 g/mol. The Bertz CT molecular complexity index is 6230. The van der Waals surface area contributed by atoms with Crippen molar-refractivity contribution < 1.29 is 11.4 Å². The molecule has 0 N–H and O–H groups in total. The van der Waals surface area contributed by atoms with Crippen LogP contribution >= 0.6 is 9.03 Å². The summed E-state index contributed by atoms with van der Waals surface area (Å²) in [5.74, 6) is 1.22. The second-order valence-corrected chi connectivity index (χ2v) is 26.2. The van der Waals surface area contributed by atoms with Gasteiger partial charge in [-0.25, -0.2) is 19.9 Å². The Morgan fingerprint density at radius 3 is 0.929 bits per heavy atom. The van der Waals surface area contributed by atoms with E-state index in [2.05, 4.69) is 280 Å². The highest BCUT2D eigenvalue weighted by Crippen LogP contribution is 2.43. The Kier molecular flexibility index (Phi) is 21.5. The van der Waals surface area contributed by atoms with Crippen molar-refractivity contribution in [3.05, 3.63) is 349 Å². The van der Waals surface area contributed by atoms with Gasteiger partial charge in [0, 0.05) is 68.3 Å². The fourth-order valence-corrected chi connectivity index (χ4v) is 14.4. The van der Waals surface area contributed by atoms with Gasteiger partial charge in [-0.3, -0.25) is 15.0 Å². The van der Waals surface area contributed by atoms with Crippen LogP contribution in [0.5, 0.6) is 17.2 Å². The summed E-state index contributed by atoms with van der Waals surface area (Å²) in [7, 11) is 6.97. The first kappa shape index (κ1) is 72.6. The highest BCUT2D eigenvalue weighted by Gasteiger charge is 2.46. The summed E-state index contributed by atoms with van der Waals surface area (Å²) >= 11 is -2.86. The fourth-order valence-electron chi connectivity index (χ4n) is 13.1. The third kappa shape index (κ3) is 15.1. The maximum Gasteiger partial charge on any atom is 1.20 e. The number of fused-ring (bicyclic) bond motifs is 11. The number of aromatic nitrogens is 9. The minimum Gasteiger partial charge on any atom is -0.576 e. The van der Waals surface area contributed by atoms with Crippen LogP contribution in [0.2, 0.25) is 0 Å². The molecule has 0 aliphatic heterocycles. The van der Waals surface area contributed by atoms with E-state index in [1.54, 1.807) is 42.9 Å². The largest absolute Gasteiger partial charge is 1.20 e. The van der Waals surface area contributed by atoms with Gasteiger partial charge in [-0.1, -0.05) is 201 Å². The van der Waals surface area contributed by atoms with Crippen LogP contribution in [0.1, 0.15) is 22.8 Å². The number of benzene rings is 12. The minimum absolute atomic E-state index is 0.00714.